The van der Waals surface area contributed by atoms with E-state index in [1.54, 1.807) is 0 Å². The van der Waals surface area contributed by atoms with Gasteiger partial charge >= 0.3 is 0 Å². The van der Waals surface area contributed by atoms with Crippen molar-refractivity contribution in [1.29, 1.82) is 0 Å². The van der Waals surface area contributed by atoms with E-state index < -0.39 is 10.1 Å². The van der Waals surface area contributed by atoms with Crippen LogP contribution in [0.1, 0.15) is 64.8 Å². The number of aryl methyl sites for hydroxylation is 1. The molecule has 0 saturated carbocycles. The summed E-state index contributed by atoms with van der Waals surface area (Å²) in [5.74, 6) is -0.191. The van der Waals surface area contributed by atoms with E-state index in [1.807, 2.05) is 30.2 Å². The highest BCUT2D eigenvalue weighted by Crippen LogP contribution is 2.10. The van der Waals surface area contributed by atoms with Gasteiger partial charge in [-0.2, -0.15) is 8.42 Å². The standard InChI is InChI=1S/C15H28N2O3S/c1-3-4-5-6-7-8-10-16-11-12-17(14-16)15(2)9-13-21(18,19)20/h11-12,14-15H,3-10,13H2,1-2H3/p+1. The van der Waals surface area contributed by atoms with Gasteiger partial charge in [0.1, 0.15) is 12.4 Å². The molecule has 5 nitrogen and oxygen atoms in total. The van der Waals surface area contributed by atoms with Crippen LogP contribution in [0.3, 0.4) is 0 Å². The molecule has 1 heterocycles. The first-order valence-corrected chi connectivity index (χ1v) is 9.55. The van der Waals surface area contributed by atoms with Crippen molar-refractivity contribution in [3.05, 3.63) is 18.7 Å². The molecule has 1 atom stereocenters. The molecule has 0 aliphatic carbocycles. The van der Waals surface area contributed by atoms with Gasteiger partial charge in [-0.1, -0.05) is 32.6 Å². The summed E-state index contributed by atoms with van der Waals surface area (Å²) in [5.41, 5.74) is 0. The van der Waals surface area contributed by atoms with Crippen LogP contribution < -0.4 is 4.57 Å². The van der Waals surface area contributed by atoms with Crippen LogP contribution in [-0.4, -0.2) is 23.3 Å². The number of hydrogen-bond donors (Lipinski definition) is 1. The highest BCUT2D eigenvalue weighted by molar-refractivity contribution is 7.85. The van der Waals surface area contributed by atoms with Crippen molar-refractivity contribution in [1.82, 2.24) is 4.57 Å². The predicted molar refractivity (Wildman–Crippen MR) is 83.7 cm³/mol. The Morgan fingerprint density at radius 3 is 2.52 bits per heavy atom. The molecule has 0 bridgehead atoms. The number of hydrogen-bond acceptors (Lipinski definition) is 2. The molecule has 1 N–H and O–H groups in total. The van der Waals surface area contributed by atoms with Gasteiger partial charge in [0, 0.05) is 6.42 Å². The lowest BCUT2D eigenvalue weighted by molar-refractivity contribution is -0.697. The van der Waals surface area contributed by atoms with Gasteiger partial charge in [0.25, 0.3) is 10.1 Å². The maximum atomic E-state index is 10.8. The second-order valence-electron chi connectivity index (χ2n) is 5.79. The molecule has 1 aromatic rings. The van der Waals surface area contributed by atoms with E-state index >= 15 is 0 Å². The number of aromatic nitrogens is 2. The first kappa shape index (κ1) is 18.2. The van der Waals surface area contributed by atoms with E-state index in [1.165, 1.54) is 38.5 Å². The summed E-state index contributed by atoms with van der Waals surface area (Å²) in [7, 11) is -3.87. The fraction of sp³-hybridized carbons (Fsp3) is 0.800. The molecule has 0 radical (unpaired) electrons. The SMILES string of the molecule is CCCCCCCC[n+]1ccn(C(C)CCS(=O)(=O)O)c1. The second-order valence-corrected chi connectivity index (χ2v) is 7.36. The molecule has 1 aromatic heterocycles. The summed E-state index contributed by atoms with van der Waals surface area (Å²) in [6.07, 6.45) is 14.1. The van der Waals surface area contributed by atoms with E-state index in [0.717, 1.165) is 6.54 Å². The number of unbranched alkanes of at least 4 members (excludes halogenated alkanes) is 5. The Bertz CT molecular complexity index is 497. The van der Waals surface area contributed by atoms with Gasteiger partial charge < -0.3 is 0 Å². The van der Waals surface area contributed by atoms with Crippen LogP contribution in [0.15, 0.2) is 18.7 Å². The zero-order valence-electron chi connectivity index (χ0n) is 13.2. The minimum absolute atomic E-state index is 0.0673. The third kappa shape index (κ3) is 8.21. The number of imidazole rings is 1. The topological polar surface area (TPSA) is 63.2 Å². The lowest BCUT2D eigenvalue weighted by Crippen LogP contribution is -2.31. The van der Waals surface area contributed by atoms with Crippen molar-refractivity contribution < 1.29 is 17.5 Å². The number of rotatable bonds is 11. The molecule has 0 aromatic carbocycles. The van der Waals surface area contributed by atoms with Crippen LogP contribution in [0, 0.1) is 0 Å². The van der Waals surface area contributed by atoms with Crippen molar-refractivity contribution >= 4 is 10.1 Å². The first-order chi connectivity index (χ1) is 9.92. The highest BCUT2D eigenvalue weighted by Gasteiger charge is 2.15. The van der Waals surface area contributed by atoms with Crippen LogP contribution in [0.2, 0.25) is 0 Å². The molecule has 1 rings (SSSR count). The van der Waals surface area contributed by atoms with Gasteiger partial charge in [0.15, 0.2) is 0 Å². The molecule has 1 unspecified atom stereocenters. The van der Waals surface area contributed by atoms with Crippen LogP contribution in [0.25, 0.3) is 0 Å². The predicted octanol–water partition coefficient (Wildman–Crippen LogP) is 2.98. The van der Waals surface area contributed by atoms with Crippen LogP contribution >= 0.6 is 0 Å². The molecule has 0 amide bonds. The Balaban J connectivity index is 2.29. The van der Waals surface area contributed by atoms with Crippen molar-refractivity contribution in [3.8, 4) is 0 Å². The number of nitrogens with zero attached hydrogens (tertiary/aromatic N) is 2. The molecule has 0 aliphatic heterocycles. The molecule has 0 saturated heterocycles. The van der Waals surface area contributed by atoms with E-state index in [9.17, 15) is 8.42 Å². The lowest BCUT2D eigenvalue weighted by atomic mass is 10.1. The molecule has 21 heavy (non-hydrogen) atoms. The summed E-state index contributed by atoms with van der Waals surface area (Å²) >= 11 is 0. The maximum absolute atomic E-state index is 10.8. The zero-order chi connectivity index (χ0) is 15.7. The average molecular weight is 317 g/mol. The van der Waals surface area contributed by atoms with E-state index in [0.29, 0.717) is 6.42 Å². The van der Waals surface area contributed by atoms with Crippen LogP contribution in [-0.2, 0) is 16.7 Å². The van der Waals surface area contributed by atoms with Crippen molar-refractivity contribution in [2.75, 3.05) is 5.75 Å². The minimum atomic E-state index is -3.87. The van der Waals surface area contributed by atoms with E-state index in [4.69, 9.17) is 4.55 Å². The molecule has 0 spiro atoms. The fourth-order valence-electron chi connectivity index (χ4n) is 2.35. The molecule has 6 heteroatoms. The van der Waals surface area contributed by atoms with Gasteiger partial charge in [0.2, 0.25) is 6.33 Å². The molecule has 0 aliphatic rings. The monoisotopic (exact) mass is 317 g/mol. The Kier molecular flexibility index (Phi) is 7.96. The van der Waals surface area contributed by atoms with E-state index in [2.05, 4.69) is 11.5 Å². The summed E-state index contributed by atoms with van der Waals surface area (Å²) in [5, 5.41) is 0. The van der Waals surface area contributed by atoms with Gasteiger partial charge in [-0.15, -0.1) is 0 Å². The summed E-state index contributed by atoms with van der Waals surface area (Å²) in [4.78, 5) is 0. The van der Waals surface area contributed by atoms with Crippen LogP contribution in [0.5, 0.6) is 0 Å². The first-order valence-electron chi connectivity index (χ1n) is 7.94. The summed E-state index contributed by atoms with van der Waals surface area (Å²) in [6.45, 7) is 5.19. The Labute approximate surface area is 128 Å². The van der Waals surface area contributed by atoms with Gasteiger partial charge in [-0.05, 0) is 19.8 Å². The Hall–Kier alpha value is -0.880. The zero-order valence-corrected chi connectivity index (χ0v) is 14.1. The summed E-state index contributed by atoms with van der Waals surface area (Å²) in [6, 6.07) is 0.0673. The average Bonchev–Trinajstić information content (AvgIpc) is 2.88. The summed E-state index contributed by atoms with van der Waals surface area (Å²) < 4.78 is 34.5. The van der Waals surface area contributed by atoms with Crippen molar-refractivity contribution in [3.63, 3.8) is 0 Å². The minimum Gasteiger partial charge on any atom is -0.286 e. The van der Waals surface area contributed by atoms with Crippen LogP contribution in [0.4, 0.5) is 0 Å². The third-order valence-corrected chi connectivity index (χ3v) is 4.54. The Morgan fingerprint density at radius 2 is 1.86 bits per heavy atom. The molecular weight excluding hydrogens is 288 g/mol. The molecular formula is C15H29N2O3S+. The van der Waals surface area contributed by atoms with E-state index in [-0.39, 0.29) is 11.8 Å². The Morgan fingerprint density at radius 1 is 1.19 bits per heavy atom. The third-order valence-electron chi connectivity index (χ3n) is 3.78. The second kappa shape index (κ2) is 9.20. The largest absolute Gasteiger partial charge is 0.286 e. The maximum Gasteiger partial charge on any atom is 0.265 e. The van der Waals surface area contributed by atoms with Gasteiger partial charge in [-0.25, -0.2) is 9.13 Å². The van der Waals surface area contributed by atoms with Crippen molar-refractivity contribution in [2.24, 2.45) is 0 Å². The smallest absolute Gasteiger partial charge is 0.265 e. The van der Waals surface area contributed by atoms with Gasteiger partial charge in [-0.3, -0.25) is 4.55 Å². The molecule has 122 valence electrons. The fourth-order valence-corrected chi connectivity index (χ4v) is 2.99. The molecule has 0 fully saturated rings. The highest BCUT2D eigenvalue weighted by atomic mass is 32.2. The lowest BCUT2D eigenvalue weighted by Gasteiger charge is -2.06. The quantitative estimate of drug-likeness (QED) is 0.388. The van der Waals surface area contributed by atoms with Gasteiger partial charge in [0.05, 0.1) is 18.3 Å². The normalized spacial score (nSPS) is 13.5. The van der Waals surface area contributed by atoms with Crippen molar-refractivity contribution in [2.45, 2.75) is 71.4 Å².